The van der Waals surface area contributed by atoms with Gasteiger partial charge in [-0.05, 0) is 54.6 Å². The molecule has 0 bridgehead atoms. The molecule has 2 aromatic carbocycles. The Morgan fingerprint density at radius 2 is 1.58 bits per heavy atom. The van der Waals surface area contributed by atoms with Gasteiger partial charge in [0.25, 0.3) is 5.69 Å². The zero-order chi connectivity index (χ0) is 22.0. The molecule has 2 heterocycles. The van der Waals surface area contributed by atoms with Gasteiger partial charge in [-0.3, -0.25) is 14.9 Å². The van der Waals surface area contributed by atoms with Crippen molar-refractivity contribution in [3.63, 3.8) is 0 Å². The maximum atomic E-state index is 12.4. The molecule has 0 radical (unpaired) electrons. The van der Waals surface area contributed by atoms with Crippen LogP contribution in [-0.4, -0.2) is 10.7 Å². The summed E-state index contributed by atoms with van der Waals surface area (Å²) in [6, 6.07) is 17.9. The second-order valence-electron chi connectivity index (χ2n) is 6.46. The number of allylic oxidation sites excluding steroid dienone is 1. The van der Waals surface area contributed by atoms with E-state index in [-0.39, 0.29) is 22.3 Å². The topological polar surface area (TPSA) is 86.5 Å². The zero-order valence-electron chi connectivity index (χ0n) is 15.7. The Balaban J connectivity index is 1.50. The molecule has 0 spiro atoms. The number of nitro benzene ring substituents is 1. The van der Waals surface area contributed by atoms with Crippen molar-refractivity contribution in [3.05, 3.63) is 104 Å². The Labute approximate surface area is 186 Å². The standard InChI is InChI=1S/C23H13Cl2NO5/c24-18-4-2-1-3-16(18)22-11-12-23(31-22)20(27)9-6-15-7-10-21(30-15)17-8-5-14(26(28)29)13-19(17)25/h1-13H/b9-6+. The molecule has 0 saturated carbocycles. The van der Waals surface area contributed by atoms with Crippen LogP contribution in [0.1, 0.15) is 16.3 Å². The van der Waals surface area contributed by atoms with Crippen LogP contribution in [0.25, 0.3) is 28.7 Å². The molecule has 4 aromatic rings. The third-order valence-corrected chi connectivity index (χ3v) is 5.09. The van der Waals surface area contributed by atoms with Crippen LogP contribution in [0.4, 0.5) is 5.69 Å². The van der Waals surface area contributed by atoms with Gasteiger partial charge in [0.1, 0.15) is 17.3 Å². The molecule has 0 atom stereocenters. The number of rotatable bonds is 6. The van der Waals surface area contributed by atoms with Crippen molar-refractivity contribution in [3.8, 4) is 22.6 Å². The van der Waals surface area contributed by atoms with E-state index in [1.54, 1.807) is 36.4 Å². The number of nitrogens with zero attached hydrogens (tertiary/aromatic N) is 1. The van der Waals surface area contributed by atoms with E-state index < -0.39 is 4.92 Å². The minimum absolute atomic E-state index is 0.111. The molecule has 4 rings (SSSR count). The van der Waals surface area contributed by atoms with Gasteiger partial charge in [0.15, 0.2) is 5.76 Å². The molecule has 31 heavy (non-hydrogen) atoms. The molecule has 2 aromatic heterocycles. The fraction of sp³-hybridized carbons (Fsp3) is 0. The third-order valence-electron chi connectivity index (χ3n) is 4.44. The molecule has 0 N–H and O–H groups in total. The number of halogens is 2. The monoisotopic (exact) mass is 453 g/mol. The van der Waals surface area contributed by atoms with Crippen LogP contribution in [0, 0.1) is 10.1 Å². The summed E-state index contributed by atoms with van der Waals surface area (Å²) < 4.78 is 11.3. The molecule has 154 valence electrons. The van der Waals surface area contributed by atoms with Crippen LogP contribution < -0.4 is 0 Å². The SMILES string of the molecule is O=C(/C=C/c1ccc(-c2ccc([N+](=O)[O-])cc2Cl)o1)c1ccc(-c2ccccc2Cl)o1. The summed E-state index contributed by atoms with van der Waals surface area (Å²) in [6.07, 6.45) is 2.83. The maximum Gasteiger partial charge on any atom is 0.270 e. The van der Waals surface area contributed by atoms with Crippen LogP contribution in [-0.2, 0) is 0 Å². The van der Waals surface area contributed by atoms with E-state index in [2.05, 4.69) is 0 Å². The Morgan fingerprint density at radius 1 is 0.871 bits per heavy atom. The minimum atomic E-state index is -0.524. The molecule has 6 nitrogen and oxygen atoms in total. The molecule has 0 aliphatic carbocycles. The van der Waals surface area contributed by atoms with E-state index in [1.807, 2.05) is 12.1 Å². The van der Waals surface area contributed by atoms with Gasteiger partial charge < -0.3 is 8.83 Å². The molecule has 0 amide bonds. The highest BCUT2D eigenvalue weighted by atomic mass is 35.5. The second-order valence-corrected chi connectivity index (χ2v) is 7.28. The first-order chi connectivity index (χ1) is 14.9. The minimum Gasteiger partial charge on any atom is -0.457 e. The summed E-state index contributed by atoms with van der Waals surface area (Å²) in [7, 11) is 0. The fourth-order valence-electron chi connectivity index (χ4n) is 2.92. The Kier molecular flexibility index (Phi) is 5.75. The molecule has 0 aliphatic rings. The summed E-state index contributed by atoms with van der Waals surface area (Å²) >= 11 is 12.3. The van der Waals surface area contributed by atoms with Gasteiger partial charge in [0.05, 0.1) is 15.0 Å². The fourth-order valence-corrected chi connectivity index (χ4v) is 3.42. The number of ketones is 1. The number of hydrogen-bond acceptors (Lipinski definition) is 5. The van der Waals surface area contributed by atoms with Gasteiger partial charge in [-0.2, -0.15) is 0 Å². The van der Waals surface area contributed by atoms with Crippen molar-refractivity contribution in [2.45, 2.75) is 0 Å². The van der Waals surface area contributed by atoms with E-state index >= 15 is 0 Å². The molecule has 0 fully saturated rings. The highest BCUT2D eigenvalue weighted by Gasteiger charge is 2.14. The van der Waals surface area contributed by atoms with E-state index in [0.29, 0.717) is 33.4 Å². The summed E-state index contributed by atoms with van der Waals surface area (Å²) in [6.45, 7) is 0. The first-order valence-corrected chi connectivity index (χ1v) is 9.79. The number of furan rings is 2. The van der Waals surface area contributed by atoms with Gasteiger partial charge >= 0.3 is 0 Å². The van der Waals surface area contributed by atoms with E-state index in [0.717, 1.165) is 0 Å². The Morgan fingerprint density at radius 3 is 2.32 bits per heavy atom. The van der Waals surface area contributed by atoms with Crippen molar-refractivity contribution in [1.82, 2.24) is 0 Å². The lowest BCUT2D eigenvalue weighted by atomic mass is 10.1. The zero-order valence-corrected chi connectivity index (χ0v) is 17.3. The molecular formula is C23H13Cl2NO5. The largest absolute Gasteiger partial charge is 0.457 e. The summed E-state index contributed by atoms with van der Waals surface area (Å²) in [4.78, 5) is 22.8. The quantitative estimate of drug-likeness (QED) is 0.132. The van der Waals surface area contributed by atoms with Crippen molar-refractivity contribution in [1.29, 1.82) is 0 Å². The van der Waals surface area contributed by atoms with Crippen molar-refractivity contribution >= 4 is 40.7 Å². The lowest BCUT2D eigenvalue weighted by molar-refractivity contribution is -0.384. The maximum absolute atomic E-state index is 12.4. The predicted octanol–water partition coefficient (Wildman–Crippen LogP) is 7.32. The number of benzene rings is 2. The van der Waals surface area contributed by atoms with Gasteiger partial charge in [0.2, 0.25) is 5.78 Å². The van der Waals surface area contributed by atoms with Crippen LogP contribution in [0.15, 0.2) is 81.6 Å². The number of non-ortho nitro benzene ring substituents is 1. The molecular weight excluding hydrogens is 441 g/mol. The average molecular weight is 454 g/mol. The summed E-state index contributed by atoms with van der Waals surface area (Å²) in [5.74, 6) is 1.15. The first-order valence-electron chi connectivity index (χ1n) is 9.03. The van der Waals surface area contributed by atoms with E-state index in [9.17, 15) is 14.9 Å². The lowest BCUT2D eigenvalue weighted by Crippen LogP contribution is -1.90. The normalized spacial score (nSPS) is 11.2. The average Bonchev–Trinajstić information content (AvgIpc) is 3.42. The number of hydrogen-bond donors (Lipinski definition) is 0. The smallest absolute Gasteiger partial charge is 0.270 e. The van der Waals surface area contributed by atoms with Gasteiger partial charge in [-0.1, -0.05) is 35.3 Å². The van der Waals surface area contributed by atoms with Gasteiger partial charge in [0, 0.05) is 23.3 Å². The van der Waals surface area contributed by atoms with Crippen LogP contribution in [0.2, 0.25) is 10.0 Å². The van der Waals surface area contributed by atoms with E-state index in [1.165, 1.54) is 30.4 Å². The highest BCUT2D eigenvalue weighted by Crippen LogP contribution is 2.33. The molecule has 0 aliphatic heterocycles. The number of nitro groups is 1. The van der Waals surface area contributed by atoms with Crippen LogP contribution in [0.3, 0.4) is 0 Å². The highest BCUT2D eigenvalue weighted by molar-refractivity contribution is 6.33. The lowest BCUT2D eigenvalue weighted by Gasteiger charge is -2.00. The molecule has 0 saturated heterocycles. The molecule has 0 unspecified atom stereocenters. The summed E-state index contributed by atoms with van der Waals surface area (Å²) in [5.41, 5.74) is 1.09. The second kappa shape index (κ2) is 8.63. The van der Waals surface area contributed by atoms with Crippen LogP contribution >= 0.6 is 23.2 Å². The predicted molar refractivity (Wildman–Crippen MR) is 118 cm³/mol. The van der Waals surface area contributed by atoms with Crippen molar-refractivity contribution in [2.24, 2.45) is 0 Å². The van der Waals surface area contributed by atoms with Crippen molar-refractivity contribution in [2.75, 3.05) is 0 Å². The van der Waals surface area contributed by atoms with Gasteiger partial charge in [-0.15, -0.1) is 0 Å². The first kappa shape index (κ1) is 20.7. The summed E-state index contributed by atoms with van der Waals surface area (Å²) in [5, 5.41) is 11.6. The number of carbonyl (C=O) groups is 1. The Hall–Kier alpha value is -3.61. The molecule has 8 heteroatoms. The van der Waals surface area contributed by atoms with Crippen LogP contribution in [0.5, 0.6) is 0 Å². The van der Waals surface area contributed by atoms with E-state index in [4.69, 9.17) is 32.0 Å². The number of carbonyl (C=O) groups excluding carboxylic acids is 1. The third kappa shape index (κ3) is 4.45. The van der Waals surface area contributed by atoms with Crippen molar-refractivity contribution < 1.29 is 18.6 Å². The van der Waals surface area contributed by atoms with Gasteiger partial charge in [-0.25, -0.2) is 0 Å². The Bertz CT molecular complexity index is 1320.